The molecule has 0 unspecified atom stereocenters. The van der Waals surface area contributed by atoms with Crippen LogP contribution in [0.4, 0.5) is 0 Å². The van der Waals surface area contributed by atoms with Gasteiger partial charge < -0.3 is 10.2 Å². The van der Waals surface area contributed by atoms with Gasteiger partial charge in [0.1, 0.15) is 0 Å². The molecule has 2 aliphatic carbocycles. The van der Waals surface area contributed by atoms with Gasteiger partial charge in [-0.05, 0) is 44.1 Å². The SMILES string of the molecule is O=C(NCC1(c2ccccc2)CC1)C1CCN(C(=O)C2CC2)CC1. The van der Waals surface area contributed by atoms with Crippen LogP contribution in [0.3, 0.4) is 0 Å². The average molecular weight is 326 g/mol. The molecule has 4 heteroatoms. The van der Waals surface area contributed by atoms with E-state index in [1.807, 2.05) is 11.0 Å². The number of hydrogen-bond donors (Lipinski definition) is 1. The van der Waals surface area contributed by atoms with Crippen LogP contribution in [0.5, 0.6) is 0 Å². The van der Waals surface area contributed by atoms with Gasteiger partial charge in [-0.1, -0.05) is 30.3 Å². The van der Waals surface area contributed by atoms with E-state index in [-0.39, 0.29) is 23.2 Å². The van der Waals surface area contributed by atoms with E-state index >= 15 is 0 Å². The molecule has 0 atom stereocenters. The van der Waals surface area contributed by atoms with Crippen LogP contribution in [0.1, 0.15) is 44.1 Å². The molecule has 1 aromatic rings. The minimum Gasteiger partial charge on any atom is -0.355 e. The first-order valence-electron chi connectivity index (χ1n) is 9.30. The van der Waals surface area contributed by atoms with Gasteiger partial charge in [0.25, 0.3) is 0 Å². The topological polar surface area (TPSA) is 49.4 Å². The van der Waals surface area contributed by atoms with Crippen molar-refractivity contribution in [2.45, 2.75) is 43.9 Å². The molecule has 24 heavy (non-hydrogen) atoms. The highest BCUT2D eigenvalue weighted by Gasteiger charge is 2.44. The van der Waals surface area contributed by atoms with Crippen LogP contribution in [0.2, 0.25) is 0 Å². The van der Waals surface area contributed by atoms with Crippen molar-refractivity contribution >= 4 is 11.8 Å². The monoisotopic (exact) mass is 326 g/mol. The summed E-state index contributed by atoms with van der Waals surface area (Å²) in [6.07, 6.45) is 6.05. The molecule has 2 saturated carbocycles. The van der Waals surface area contributed by atoms with Gasteiger partial charge in [-0.15, -0.1) is 0 Å². The second-order valence-corrected chi connectivity index (χ2v) is 7.74. The molecular weight excluding hydrogens is 300 g/mol. The Balaban J connectivity index is 1.26. The summed E-state index contributed by atoms with van der Waals surface area (Å²) in [5.74, 6) is 0.849. The summed E-state index contributed by atoms with van der Waals surface area (Å²) in [6.45, 7) is 2.24. The highest BCUT2D eigenvalue weighted by molar-refractivity contribution is 5.82. The Bertz CT molecular complexity index is 612. The average Bonchev–Trinajstić information content (AvgIpc) is 3.54. The van der Waals surface area contributed by atoms with E-state index in [4.69, 9.17) is 0 Å². The van der Waals surface area contributed by atoms with Crippen molar-refractivity contribution in [3.8, 4) is 0 Å². The van der Waals surface area contributed by atoms with Gasteiger partial charge in [0, 0.05) is 36.9 Å². The molecule has 1 aromatic carbocycles. The van der Waals surface area contributed by atoms with Crippen molar-refractivity contribution in [2.75, 3.05) is 19.6 Å². The largest absolute Gasteiger partial charge is 0.355 e. The predicted octanol–water partition coefficient (Wildman–Crippen LogP) is 2.48. The number of piperidine rings is 1. The molecule has 4 nitrogen and oxygen atoms in total. The van der Waals surface area contributed by atoms with Gasteiger partial charge in [-0.2, -0.15) is 0 Å². The van der Waals surface area contributed by atoms with Gasteiger partial charge in [0.15, 0.2) is 0 Å². The van der Waals surface area contributed by atoms with Crippen molar-refractivity contribution in [1.29, 1.82) is 0 Å². The smallest absolute Gasteiger partial charge is 0.225 e. The molecule has 1 aliphatic heterocycles. The summed E-state index contributed by atoms with van der Waals surface area (Å²) in [5, 5.41) is 3.19. The summed E-state index contributed by atoms with van der Waals surface area (Å²) < 4.78 is 0. The summed E-state index contributed by atoms with van der Waals surface area (Å²) in [6, 6.07) is 10.5. The lowest BCUT2D eigenvalue weighted by Gasteiger charge is -2.31. The van der Waals surface area contributed by atoms with Crippen molar-refractivity contribution in [3.63, 3.8) is 0 Å². The first kappa shape index (κ1) is 15.7. The third kappa shape index (κ3) is 3.19. The molecule has 0 radical (unpaired) electrons. The Morgan fingerprint density at radius 2 is 1.67 bits per heavy atom. The minimum atomic E-state index is 0.0693. The maximum absolute atomic E-state index is 12.5. The maximum Gasteiger partial charge on any atom is 0.225 e. The van der Waals surface area contributed by atoms with Crippen molar-refractivity contribution in [3.05, 3.63) is 35.9 Å². The second-order valence-electron chi connectivity index (χ2n) is 7.74. The Kier molecular flexibility index (Phi) is 4.07. The van der Waals surface area contributed by atoms with Crippen molar-refractivity contribution in [1.82, 2.24) is 10.2 Å². The quantitative estimate of drug-likeness (QED) is 0.904. The van der Waals surface area contributed by atoms with Crippen LogP contribution < -0.4 is 5.32 Å². The zero-order valence-corrected chi connectivity index (χ0v) is 14.2. The number of nitrogens with zero attached hydrogens (tertiary/aromatic N) is 1. The minimum absolute atomic E-state index is 0.0693. The molecular formula is C20H26N2O2. The molecule has 0 spiro atoms. The van der Waals surface area contributed by atoms with E-state index in [1.54, 1.807) is 0 Å². The number of carbonyl (C=O) groups is 2. The molecule has 3 fully saturated rings. The van der Waals surface area contributed by atoms with E-state index < -0.39 is 0 Å². The van der Waals surface area contributed by atoms with Crippen LogP contribution in [0.15, 0.2) is 30.3 Å². The number of rotatable bonds is 5. The molecule has 0 bridgehead atoms. The first-order valence-corrected chi connectivity index (χ1v) is 9.30. The Labute approximate surface area is 143 Å². The van der Waals surface area contributed by atoms with E-state index in [0.717, 1.165) is 58.2 Å². The third-order valence-electron chi connectivity index (χ3n) is 5.94. The third-order valence-corrected chi connectivity index (χ3v) is 5.94. The summed E-state index contributed by atoms with van der Waals surface area (Å²) in [4.78, 5) is 26.6. The molecule has 1 heterocycles. The normalized spacial score (nSPS) is 22.9. The fourth-order valence-electron chi connectivity index (χ4n) is 3.86. The van der Waals surface area contributed by atoms with E-state index in [0.29, 0.717) is 5.91 Å². The Hall–Kier alpha value is -1.84. The fraction of sp³-hybridized carbons (Fsp3) is 0.600. The van der Waals surface area contributed by atoms with Crippen LogP contribution >= 0.6 is 0 Å². The highest BCUT2D eigenvalue weighted by Crippen LogP contribution is 2.47. The zero-order chi connectivity index (χ0) is 16.6. The maximum atomic E-state index is 12.5. The molecule has 2 amide bonds. The number of amides is 2. The predicted molar refractivity (Wildman–Crippen MR) is 92.4 cm³/mol. The lowest BCUT2D eigenvalue weighted by Crippen LogP contribution is -2.44. The number of hydrogen-bond acceptors (Lipinski definition) is 2. The molecule has 128 valence electrons. The number of nitrogens with one attached hydrogen (secondary N) is 1. The standard InChI is InChI=1S/C20H26N2O2/c23-18(15-8-12-22(13-9-15)19(24)16-6-7-16)21-14-20(10-11-20)17-4-2-1-3-5-17/h1-5,15-16H,6-14H2,(H,21,23). The highest BCUT2D eigenvalue weighted by atomic mass is 16.2. The number of carbonyl (C=O) groups excluding carboxylic acids is 2. The van der Waals surface area contributed by atoms with Gasteiger partial charge in [0.2, 0.25) is 11.8 Å². The van der Waals surface area contributed by atoms with Gasteiger partial charge in [0.05, 0.1) is 0 Å². The Morgan fingerprint density at radius 1 is 1.00 bits per heavy atom. The van der Waals surface area contributed by atoms with Crippen LogP contribution in [-0.2, 0) is 15.0 Å². The van der Waals surface area contributed by atoms with Gasteiger partial charge in [-0.3, -0.25) is 9.59 Å². The molecule has 0 aromatic heterocycles. The molecule has 3 aliphatic rings. The zero-order valence-electron chi connectivity index (χ0n) is 14.2. The van der Waals surface area contributed by atoms with Crippen molar-refractivity contribution in [2.24, 2.45) is 11.8 Å². The fourth-order valence-corrected chi connectivity index (χ4v) is 3.86. The number of likely N-dealkylation sites (tertiary alicyclic amines) is 1. The Morgan fingerprint density at radius 3 is 2.25 bits per heavy atom. The van der Waals surface area contributed by atoms with E-state index in [2.05, 4.69) is 29.6 Å². The first-order chi connectivity index (χ1) is 11.7. The summed E-state index contributed by atoms with van der Waals surface area (Å²) in [5.41, 5.74) is 1.51. The van der Waals surface area contributed by atoms with Crippen LogP contribution in [0.25, 0.3) is 0 Å². The molecule has 4 rings (SSSR count). The molecule has 1 saturated heterocycles. The van der Waals surface area contributed by atoms with E-state index in [9.17, 15) is 9.59 Å². The lowest BCUT2D eigenvalue weighted by molar-refractivity contribution is -0.136. The summed E-state index contributed by atoms with van der Waals surface area (Å²) in [7, 11) is 0. The second kappa shape index (κ2) is 6.23. The van der Waals surface area contributed by atoms with Gasteiger partial charge >= 0.3 is 0 Å². The van der Waals surface area contributed by atoms with Crippen LogP contribution in [0, 0.1) is 11.8 Å². The van der Waals surface area contributed by atoms with Crippen LogP contribution in [-0.4, -0.2) is 36.3 Å². The molecule has 1 N–H and O–H groups in total. The van der Waals surface area contributed by atoms with E-state index in [1.165, 1.54) is 5.56 Å². The van der Waals surface area contributed by atoms with Gasteiger partial charge in [-0.25, -0.2) is 0 Å². The lowest BCUT2D eigenvalue weighted by atomic mass is 9.93. The summed E-state index contributed by atoms with van der Waals surface area (Å²) >= 11 is 0. The number of benzene rings is 1. The van der Waals surface area contributed by atoms with Crippen molar-refractivity contribution < 1.29 is 9.59 Å².